The Morgan fingerprint density at radius 1 is 1.62 bits per heavy atom. The minimum Gasteiger partial charge on any atom is -0.315 e. The van der Waals surface area contributed by atoms with E-state index >= 15 is 0 Å². The van der Waals surface area contributed by atoms with Crippen molar-refractivity contribution in [2.24, 2.45) is 0 Å². The zero-order valence-electron chi connectivity index (χ0n) is 5.65. The van der Waals surface area contributed by atoms with Gasteiger partial charge in [-0.2, -0.15) is 0 Å². The van der Waals surface area contributed by atoms with Crippen LogP contribution in [0, 0.1) is 0 Å². The molecule has 8 heavy (non-hydrogen) atoms. The van der Waals surface area contributed by atoms with Crippen molar-refractivity contribution in [3.8, 4) is 0 Å². The maximum atomic E-state index is 3.31. The minimum atomic E-state index is 0. The highest BCUT2D eigenvalue weighted by Gasteiger charge is 2.14. The lowest BCUT2D eigenvalue weighted by molar-refractivity contribution is 0.313. The molecule has 1 aliphatic rings. The topological polar surface area (TPSA) is 15.3 Å². The van der Waals surface area contributed by atoms with E-state index in [1.54, 1.807) is 0 Å². The van der Waals surface area contributed by atoms with Gasteiger partial charge >= 0.3 is 0 Å². The van der Waals surface area contributed by atoms with Crippen molar-refractivity contribution in [1.82, 2.24) is 10.2 Å². The zero-order valence-corrected chi connectivity index (χ0v) is 5.65. The molecule has 0 bridgehead atoms. The molecule has 1 atom stereocenters. The lowest BCUT2D eigenvalue weighted by Crippen LogP contribution is -2.29. The Hall–Kier alpha value is -0.0800. The Labute approximate surface area is 52.4 Å². The van der Waals surface area contributed by atoms with Gasteiger partial charge in [0.1, 0.15) is 0 Å². The van der Waals surface area contributed by atoms with E-state index in [2.05, 4.69) is 24.3 Å². The molecule has 1 heterocycles. The van der Waals surface area contributed by atoms with E-state index < -0.39 is 0 Å². The SMILES string of the molecule is CN(C)[C@H]1CCNC1.[HH]. The fourth-order valence-corrected chi connectivity index (χ4v) is 1.08. The van der Waals surface area contributed by atoms with Gasteiger partial charge in [0.15, 0.2) is 0 Å². The fraction of sp³-hybridized carbons (Fsp3) is 1.00. The van der Waals surface area contributed by atoms with Gasteiger partial charge in [-0.3, -0.25) is 0 Å². The Balaban J connectivity index is 0.000000640. The van der Waals surface area contributed by atoms with Gasteiger partial charge < -0.3 is 10.2 Å². The van der Waals surface area contributed by atoms with Crippen LogP contribution in [-0.2, 0) is 0 Å². The highest BCUT2D eigenvalue weighted by molar-refractivity contribution is 4.76. The van der Waals surface area contributed by atoms with Gasteiger partial charge in [0.2, 0.25) is 0 Å². The summed E-state index contributed by atoms with van der Waals surface area (Å²) in [5, 5.41) is 3.31. The molecule has 0 spiro atoms. The molecule has 0 saturated carbocycles. The van der Waals surface area contributed by atoms with Crippen LogP contribution in [0.15, 0.2) is 0 Å². The summed E-state index contributed by atoms with van der Waals surface area (Å²) in [6, 6.07) is 0.787. The Kier molecular flexibility index (Phi) is 1.86. The summed E-state index contributed by atoms with van der Waals surface area (Å²) in [4.78, 5) is 2.28. The van der Waals surface area contributed by atoms with Crippen molar-refractivity contribution in [2.75, 3.05) is 27.2 Å². The summed E-state index contributed by atoms with van der Waals surface area (Å²) in [5.74, 6) is 0. The number of nitrogens with zero attached hydrogens (tertiary/aromatic N) is 1. The van der Waals surface area contributed by atoms with Crippen LogP contribution in [0.4, 0.5) is 0 Å². The number of rotatable bonds is 1. The van der Waals surface area contributed by atoms with Crippen LogP contribution in [0.1, 0.15) is 7.85 Å². The third-order valence-electron chi connectivity index (χ3n) is 1.76. The molecule has 1 rings (SSSR count). The Morgan fingerprint density at radius 3 is 2.62 bits per heavy atom. The van der Waals surface area contributed by atoms with Crippen molar-refractivity contribution in [2.45, 2.75) is 12.5 Å². The molecule has 50 valence electrons. The lowest BCUT2D eigenvalue weighted by Gasteiger charge is -2.16. The maximum Gasteiger partial charge on any atom is 0.0226 e. The Morgan fingerprint density at radius 2 is 2.38 bits per heavy atom. The fourth-order valence-electron chi connectivity index (χ4n) is 1.08. The minimum absolute atomic E-state index is 0. The lowest BCUT2D eigenvalue weighted by atomic mass is 10.2. The van der Waals surface area contributed by atoms with Crippen LogP contribution in [0.2, 0.25) is 0 Å². The predicted molar refractivity (Wildman–Crippen MR) is 37.1 cm³/mol. The summed E-state index contributed by atoms with van der Waals surface area (Å²) in [6.45, 7) is 2.37. The third-order valence-corrected chi connectivity index (χ3v) is 1.76. The molecule has 1 fully saturated rings. The van der Waals surface area contributed by atoms with E-state index in [0.717, 1.165) is 6.04 Å². The average Bonchev–Trinajstić information content (AvgIpc) is 2.12. The Bertz CT molecular complexity index is 69.5. The molecule has 1 saturated heterocycles. The first kappa shape index (κ1) is 6.05. The van der Waals surface area contributed by atoms with Gasteiger partial charge in [0.05, 0.1) is 0 Å². The van der Waals surface area contributed by atoms with Crippen molar-refractivity contribution in [3.63, 3.8) is 0 Å². The molecular formula is C6H16N2. The molecule has 0 aromatic heterocycles. The molecular weight excluding hydrogens is 100 g/mol. The number of hydrogen-bond donors (Lipinski definition) is 1. The molecule has 2 heteroatoms. The van der Waals surface area contributed by atoms with E-state index in [0.29, 0.717) is 0 Å². The maximum absolute atomic E-state index is 3.31. The van der Waals surface area contributed by atoms with Gasteiger partial charge in [0, 0.05) is 14.0 Å². The number of nitrogens with one attached hydrogen (secondary N) is 1. The first-order chi connectivity index (χ1) is 3.80. The van der Waals surface area contributed by atoms with E-state index in [4.69, 9.17) is 0 Å². The van der Waals surface area contributed by atoms with E-state index in [1.165, 1.54) is 19.5 Å². The first-order valence-electron chi connectivity index (χ1n) is 3.18. The molecule has 0 aromatic rings. The number of likely N-dealkylation sites (N-methyl/N-ethyl adjacent to an activating group) is 1. The van der Waals surface area contributed by atoms with Crippen LogP contribution in [0.3, 0.4) is 0 Å². The molecule has 1 aliphatic heterocycles. The molecule has 0 radical (unpaired) electrons. The second-order valence-electron chi connectivity index (χ2n) is 2.61. The smallest absolute Gasteiger partial charge is 0.0226 e. The molecule has 0 unspecified atom stereocenters. The van der Waals surface area contributed by atoms with Gasteiger partial charge in [-0.25, -0.2) is 0 Å². The van der Waals surface area contributed by atoms with E-state index in [1.807, 2.05) is 0 Å². The standard InChI is InChI=1S/C6H14N2.H2/c1-8(2)6-3-4-7-5-6;/h6-7H,3-5H2,1-2H3;1H/t6-;/m0./s1. The van der Waals surface area contributed by atoms with Gasteiger partial charge in [-0.1, -0.05) is 0 Å². The highest BCUT2D eigenvalue weighted by atomic mass is 15.1. The van der Waals surface area contributed by atoms with Crippen LogP contribution in [-0.4, -0.2) is 38.1 Å². The second-order valence-corrected chi connectivity index (χ2v) is 2.61. The quantitative estimate of drug-likeness (QED) is 0.525. The van der Waals surface area contributed by atoms with Crippen molar-refractivity contribution < 1.29 is 1.43 Å². The van der Waals surface area contributed by atoms with Crippen molar-refractivity contribution >= 4 is 0 Å². The molecule has 1 N–H and O–H groups in total. The molecule has 0 aliphatic carbocycles. The van der Waals surface area contributed by atoms with Gasteiger partial charge in [-0.05, 0) is 27.1 Å². The average molecular weight is 116 g/mol. The molecule has 0 aromatic carbocycles. The van der Waals surface area contributed by atoms with E-state index in [9.17, 15) is 0 Å². The second kappa shape index (κ2) is 2.46. The highest BCUT2D eigenvalue weighted by Crippen LogP contribution is 2.01. The molecule has 2 nitrogen and oxygen atoms in total. The van der Waals surface area contributed by atoms with Crippen LogP contribution in [0.25, 0.3) is 0 Å². The van der Waals surface area contributed by atoms with Crippen LogP contribution >= 0.6 is 0 Å². The molecule has 0 amide bonds. The van der Waals surface area contributed by atoms with Crippen molar-refractivity contribution in [3.05, 3.63) is 0 Å². The predicted octanol–water partition coefficient (Wildman–Crippen LogP) is 0.156. The summed E-state index contributed by atoms with van der Waals surface area (Å²) in [7, 11) is 4.27. The normalized spacial score (nSPS) is 29.6. The van der Waals surface area contributed by atoms with Crippen LogP contribution < -0.4 is 5.32 Å². The zero-order chi connectivity index (χ0) is 5.98. The summed E-state index contributed by atoms with van der Waals surface area (Å²) in [5.41, 5.74) is 0. The van der Waals surface area contributed by atoms with Gasteiger partial charge in [0.25, 0.3) is 0 Å². The summed E-state index contributed by atoms with van der Waals surface area (Å²) >= 11 is 0. The monoisotopic (exact) mass is 116 g/mol. The van der Waals surface area contributed by atoms with Crippen molar-refractivity contribution in [1.29, 1.82) is 0 Å². The first-order valence-corrected chi connectivity index (χ1v) is 3.18. The summed E-state index contributed by atoms with van der Waals surface area (Å²) < 4.78 is 0. The third kappa shape index (κ3) is 1.20. The largest absolute Gasteiger partial charge is 0.315 e. The van der Waals surface area contributed by atoms with Gasteiger partial charge in [-0.15, -0.1) is 0 Å². The summed E-state index contributed by atoms with van der Waals surface area (Å²) in [6.07, 6.45) is 1.31. The van der Waals surface area contributed by atoms with E-state index in [-0.39, 0.29) is 1.43 Å². The van der Waals surface area contributed by atoms with Crippen LogP contribution in [0.5, 0.6) is 0 Å². The number of hydrogen-bond acceptors (Lipinski definition) is 2.